The number of nitrogens with zero attached hydrogens (tertiary/aromatic N) is 1. The standard InChI is InChI=1S/C15H10NS2.H2O/c1-2-4-11(5-3-1)13-10-16-8-6-12-7-9-17-14(12)15(16)18-13;/h1-10H;1H2/q+1;/p-1. The van der Waals surface area contributed by atoms with Crippen LogP contribution in [0.15, 0.2) is 60.2 Å². The van der Waals surface area contributed by atoms with Gasteiger partial charge in [0, 0.05) is 11.5 Å². The van der Waals surface area contributed by atoms with Gasteiger partial charge in [0.15, 0.2) is 12.4 Å². The van der Waals surface area contributed by atoms with E-state index in [1.54, 1.807) is 0 Å². The first-order chi connectivity index (χ1) is 8.92. The first kappa shape index (κ1) is 12.3. The number of benzene rings is 1. The van der Waals surface area contributed by atoms with Gasteiger partial charge in [-0.15, -0.1) is 11.3 Å². The van der Waals surface area contributed by atoms with E-state index in [1.165, 1.54) is 25.4 Å². The molecule has 1 aromatic carbocycles. The molecule has 0 amide bonds. The average molecular weight is 285 g/mol. The number of fused-ring (bicyclic) bond motifs is 3. The van der Waals surface area contributed by atoms with E-state index in [0.717, 1.165) is 0 Å². The lowest BCUT2D eigenvalue weighted by Crippen LogP contribution is -2.15. The molecule has 4 rings (SSSR count). The maximum absolute atomic E-state index is 2.23. The van der Waals surface area contributed by atoms with Crippen LogP contribution in [0.25, 0.3) is 25.4 Å². The van der Waals surface area contributed by atoms with Gasteiger partial charge in [-0.25, -0.2) is 0 Å². The Morgan fingerprint density at radius 2 is 1.79 bits per heavy atom. The Bertz CT molecular complexity index is 833. The highest BCUT2D eigenvalue weighted by Gasteiger charge is 2.15. The second kappa shape index (κ2) is 4.74. The molecule has 0 unspecified atom stereocenters. The van der Waals surface area contributed by atoms with Crippen LogP contribution in [0, 0.1) is 0 Å². The molecule has 1 N–H and O–H groups in total. The van der Waals surface area contributed by atoms with E-state index in [-0.39, 0.29) is 5.48 Å². The van der Waals surface area contributed by atoms with Gasteiger partial charge in [0.05, 0.1) is 0 Å². The largest absolute Gasteiger partial charge is 0.870 e. The Hall–Kier alpha value is -1.75. The van der Waals surface area contributed by atoms with E-state index in [0.29, 0.717) is 0 Å². The van der Waals surface area contributed by atoms with Gasteiger partial charge in [-0.05, 0) is 17.0 Å². The highest BCUT2D eigenvalue weighted by atomic mass is 32.1. The van der Waals surface area contributed by atoms with Crippen molar-refractivity contribution in [3.05, 3.63) is 60.2 Å². The Balaban J connectivity index is 0.00000110. The lowest BCUT2D eigenvalue weighted by atomic mass is 10.2. The van der Waals surface area contributed by atoms with E-state index >= 15 is 0 Å². The molecule has 0 aliphatic rings. The number of hydrogen-bond acceptors (Lipinski definition) is 3. The fraction of sp³-hybridized carbons (Fsp3) is 0. The van der Waals surface area contributed by atoms with Crippen molar-refractivity contribution in [2.75, 3.05) is 0 Å². The van der Waals surface area contributed by atoms with Crippen LogP contribution in [0.5, 0.6) is 0 Å². The second-order valence-electron chi connectivity index (χ2n) is 4.19. The van der Waals surface area contributed by atoms with Crippen LogP contribution in [-0.4, -0.2) is 5.48 Å². The lowest BCUT2D eigenvalue weighted by Gasteiger charge is -1.90. The van der Waals surface area contributed by atoms with Crippen LogP contribution in [-0.2, 0) is 0 Å². The summed E-state index contributed by atoms with van der Waals surface area (Å²) < 4.78 is 3.61. The molecule has 0 saturated heterocycles. The minimum absolute atomic E-state index is 0. The SMILES string of the molecule is [OH-].c1ccc(-c2c[n+]3ccc4ccsc4c3s2)cc1. The third-order valence-electron chi connectivity index (χ3n) is 3.06. The maximum atomic E-state index is 2.23. The van der Waals surface area contributed by atoms with Crippen molar-refractivity contribution in [3.8, 4) is 10.4 Å². The molecule has 0 aliphatic heterocycles. The Kier molecular flexibility index (Phi) is 3.06. The first-order valence-corrected chi connectivity index (χ1v) is 7.48. The van der Waals surface area contributed by atoms with Crippen molar-refractivity contribution >= 4 is 37.6 Å². The molecule has 2 nitrogen and oxygen atoms in total. The van der Waals surface area contributed by atoms with Gasteiger partial charge in [-0.2, -0.15) is 4.40 Å². The first-order valence-electron chi connectivity index (χ1n) is 5.78. The average Bonchev–Trinajstić information content (AvgIpc) is 3.05. The molecule has 0 bridgehead atoms. The molecule has 3 aromatic heterocycles. The van der Waals surface area contributed by atoms with Gasteiger partial charge in [0.1, 0.15) is 9.58 Å². The van der Waals surface area contributed by atoms with Gasteiger partial charge >= 0.3 is 0 Å². The number of thiazole rings is 1. The van der Waals surface area contributed by atoms with Crippen molar-refractivity contribution in [3.63, 3.8) is 0 Å². The lowest BCUT2D eigenvalue weighted by molar-refractivity contribution is -0.505. The predicted molar refractivity (Wildman–Crippen MR) is 80.2 cm³/mol. The molecule has 4 aromatic rings. The van der Waals surface area contributed by atoms with Gasteiger partial charge in [0.25, 0.3) is 4.83 Å². The van der Waals surface area contributed by atoms with Crippen molar-refractivity contribution in [2.45, 2.75) is 0 Å². The smallest absolute Gasteiger partial charge is 0.285 e. The number of hydrogen-bond donors (Lipinski definition) is 0. The van der Waals surface area contributed by atoms with Crippen molar-refractivity contribution in [2.24, 2.45) is 0 Å². The summed E-state index contributed by atoms with van der Waals surface area (Å²) in [6.07, 6.45) is 4.36. The van der Waals surface area contributed by atoms with Gasteiger partial charge in [0.2, 0.25) is 0 Å². The highest BCUT2D eigenvalue weighted by Crippen LogP contribution is 2.31. The molecule has 0 spiro atoms. The number of aromatic nitrogens is 1. The third-order valence-corrected chi connectivity index (χ3v) is 5.30. The molecule has 0 aliphatic carbocycles. The third kappa shape index (κ3) is 1.94. The van der Waals surface area contributed by atoms with Crippen LogP contribution in [0.4, 0.5) is 0 Å². The predicted octanol–water partition coefficient (Wildman–Crippen LogP) is 4.19. The maximum Gasteiger partial charge on any atom is 0.285 e. The summed E-state index contributed by atoms with van der Waals surface area (Å²) in [5.41, 5.74) is 1.29. The minimum atomic E-state index is 0. The van der Waals surface area contributed by atoms with E-state index < -0.39 is 0 Å². The summed E-state index contributed by atoms with van der Waals surface area (Å²) >= 11 is 3.67. The van der Waals surface area contributed by atoms with E-state index in [4.69, 9.17) is 0 Å². The van der Waals surface area contributed by atoms with Gasteiger partial charge in [-0.1, -0.05) is 41.7 Å². The minimum Gasteiger partial charge on any atom is -0.870 e. The summed E-state index contributed by atoms with van der Waals surface area (Å²) in [6.45, 7) is 0. The summed E-state index contributed by atoms with van der Waals surface area (Å²) in [7, 11) is 0. The highest BCUT2D eigenvalue weighted by molar-refractivity contribution is 7.26. The summed E-state index contributed by atoms with van der Waals surface area (Å²) in [5, 5.41) is 3.49. The van der Waals surface area contributed by atoms with Crippen molar-refractivity contribution in [1.82, 2.24) is 0 Å². The van der Waals surface area contributed by atoms with Crippen LogP contribution >= 0.6 is 22.7 Å². The molecule has 0 saturated carbocycles. The van der Waals surface area contributed by atoms with E-state index in [9.17, 15) is 0 Å². The summed E-state index contributed by atoms with van der Waals surface area (Å²) in [6, 6.07) is 14.9. The number of pyridine rings is 1. The van der Waals surface area contributed by atoms with Crippen molar-refractivity contribution in [1.29, 1.82) is 0 Å². The molecule has 4 heteroatoms. The Labute approximate surface area is 118 Å². The molecule has 19 heavy (non-hydrogen) atoms. The number of thiophene rings is 1. The zero-order valence-electron chi connectivity index (χ0n) is 9.98. The zero-order chi connectivity index (χ0) is 11.9. The van der Waals surface area contributed by atoms with Gasteiger partial charge < -0.3 is 5.48 Å². The fourth-order valence-corrected chi connectivity index (χ4v) is 4.32. The Morgan fingerprint density at radius 3 is 2.63 bits per heavy atom. The van der Waals surface area contributed by atoms with E-state index in [2.05, 4.69) is 64.6 Å². The quantitative estimate of drug-likeness (QED) is 0.483. The normalized spacial score (nSPS) is 10.7. The molecule has 0 atom stereocenters. The zero-order valence-corrected chi connectivity index (χ0v) is 11.6. The summed E-state index contributed by atoms with van der Waals surface area (Å²) in [5.74, 6) is 0. The number of rotatable bonds is 1. The molecule has 0 radical (unpaired) electrons. The molecular formula is C15H11NOS2. The molecule has 3 heterocycles. The fourth-order valence-electron chi connectivity index (χ4n) is 2.16. The topological polar surface area (TPSA) is 34.1 Å². The van der Waals surface area contributed by atoms with Crippen LogP contribution in [0.1, 0.15) is 0 Å². The summed E-state index contributed by atoms with van der Waals surface area (Å²) in [4.78, 5) is 2.65. The monoisotopic (exact) mass is 285 g/mol. The van der Waals surface area contributed by atoms with Gasteiger partial charge in [-0.3, -0.25) is 0 Å². The molecule has 94 valence electrons. The van der Waals surface area contributed by atoms with E-state index in [1.807, 2.05) is 22.7 Å². The molecule has 0 fully saturated rings. The van der Waals surface area contributed by atoms with Crippen LogP contribution in [0.3, 0.4) is 0 Å². The molecular weight excluding hydrogens is 274 g/mol. The Morgan fingerprint density at radius 1 is 0.947 bits per heavy atom. The van der Waals surface area contributed by atoms with Crippen LogP contribution < -0.4 is 4.40 Å². The second-order valence-corrected chi connectivity index (χ2v) is 6.14. The van der Waals surface area contributed by atoms with Crippen LogP contribution in [0.2, 0.25) is 0 Å². The van der Waals surface area contributed by atoms with Crippen molar-refractivity contribution < 1.29 is 9.88 Å².